The molecule has 2 atom stereocenters. The van der Waals surface area contributed by atoms with E-state index in [9.17, 15) is 9.90 Å². The lowest BCUT2D eigenvalue weighted by atomic mass is 9.79. The molecule has 0 saturated carbocycles. The van der Waals surface area contributed by atoms with Gasteiger partial charge in [-0.15, -0.1) is 0 Å². The highest BCUT2D eigenvalue weighted by atomic mass is 16.3. The molecule has 2 aromatic carbocycles. The summed E-state index contributed by atoms with van der Waals surface area (Å²) in [7, 11) is 2.02. The van der Waals surface area contributed by atoms with Crippen molar-refractivity contribution in [1.82, 2.24) is 0 Å². The Hall–Kier alpha value is -2.10. The predicted molar refractivity (Wildman–Crippen MR) is 113 cm³/mol. The zero-order chi connectivity index (χ0) is 19.4. The quantitative estimate of drug-likeness (QED) is 0.561. The zero-order valence-electron chi connectivity index (χ0n) is 16.6. The molecular formula is C22H30BNO2. The summed E-state index contributed by atoms with van der Waals surface area (Å²) in [5.74, 6) is -0.135. The van der Waals surface area contributed by atoms with Crippen LogP contribution >= 0.6 is 0 Å². The average Bonchev–Trinajstić information content (AvgIpc) is 2.60. The summed E-state index contributed by atoms with van der Waals surface area (Å²) < 4.78 is 0. The third-order valence-corrected chi connectivity index (χ3v) is 5.41. The van der Waals surface area contributed by atoms with Gasteiger partial charge in [0.1, 0.15) is 19.4 Å². The van der Waals surface area contributed by atoms with Gasteiger partial charge in [-0.1, -0.05) is 70.3 Å². The van der Waals surface area contributed by atoms with Gasteiger partial charge >= 0.3 is 0 Å². The second-order valence-electron chi connectivity index (χ2n) is 7.73. The minimum absolute atomic E-state index is 0.0813. The number of rotatable bonds is 8. The van der Waals surface area contributed by atoms with Crippen molar-refractivity contribution < 1.29 is 9.90 Å². The fourth-order valence-corrected chi connectivity index (χ4v) is 3.38. The number of Topliss-reactive ketones (excluding diaryl/α,β-unsaturated/α-hetero) is 1. The van der Waals surface area contributed by atoms with E-state index >= 15 is 0 Å². The van der Waals surface area contributed by atoms with Gasteiger partial charge in [-0.3, -0.25) is 4.79 Å². The third-order valence-electron chi connectivity index (χ3n) is 5.41. The molecule has 0 fully saturated rings. The Morgan fingerprint density at radius 1 is 1.19 bits per heavy atom. The van der Waals surface area contributed by atoms with Crippen molar-refractivity contribution in [2.45, 2.75) is 47.0 Å². The molecule has 2 N–H and O–H groups in total. The van der Waals surface area contributed by atoms with Crippen LogP contribution in [0.1, 0.15) is 52.5 Å². The molecular weight excluding hydrogens is 321 g/mol. The number of nitrogens with one attached hydrogen (secondary N) is 1. The zero-order valence-corrected chi connectivity index (χ0v) is 16.6. The smallest absolute Gasteiger partial charge is 0.144 e. The minimum atomic E-state index is -0.467. The number of carbonyl (C=O) groups is 1. The van der Waals surface area contributed by atoms with E-state index in [1.54, 1.807) is 6.07 Å². The maximum absolute atomic E-state index is 13.1. The minimum Gasteiger partial charge on any atom is -0.507 e. The SMILES string of the molecule is Bc1ccc2c(C(=N)C(CCCC)C(=O)C(C)C(C)C)c(O)ccc2c1. The van der Waals surface area contributed by atoms with E-state index in [2.05, 4.69) is 6.92 Å². The molecule has 138 valence electrons. The molecule has 26 heavy (non-hydrogen) atoms. The van der Waals surface area contributed by atoms with E-state index < -0.39 is 5.92 Å². The summed E-state index contributed by atoms with van der Waals surface area (Å²) in [5, 5.41) is 21.2. The van der Waals surface area contributed by atoms with Crippen molar-refractivity contribution in [2.24, 2.45) is 17.8 Å². The summed E-state index contributed by atoms with van der Waals surface area (Å²) in [4.78, 5) is 13.1. The van der Waals surface area contributed by atoms with Gasteiger partial charge < -0.3 is 10.5 Å². The van der Waals surface area contributed by atoms with E-state index in [0.29, 0.717) is 12.0 Å². The number of ketones is 1. The van der Waals surface area contributed by atoms with Crippen LogP contribution in [0.4, 0.5) is 0 Å². The predicted octanol–water partition coefficient (Wildman–Crippen LogP) is 3.84. The van der Waals surface area contributed by atoms with Gasteiger partial charge in [0.2, 0.25) is 0 Å². The second-order valence-corrected chi connectivity index (χ2v) is 7.73. The Kier molecular flexibility index (Phi) is 6.63. The molecule has 0 spiro atoms. The molecule has 0 bridgehead atoms. The Morgan fingerprint density at radius 3 is 2.50 bits per heavy atom. The fourth-order valence-electron chi connectivity index (χ4n) is 3.38. The number of carbonyl (C=O) groups excluding carboxylic acids is 1. The van der Waals surface area contributed by atoms with E-state index in [-0.39, 0.29) is 29.1 Å². The van der Waals surface area contributed by atoms with Crippen LogP contribution in [0.2, 0.25) is 0 Å². The molecule has 0 aliphatic heterocycles. The van der Waals surface area contributed by atoms with E-state index in [1.807, 2.05) is 52.9 Å². The van der Waals surface area contributed by atoms with Crippen molar-refractivity contribution in [3.63, 3.8) is 0 Å². The molecule has 0 heterocycles. The molecule has 0 amide bonds. The lowest BCUT2D eigenvalue weighted by molar-refractivity contribution is -0.125. The van der Waals surface area contributed by atoms with Gasteiger partial charge in [-0.2, -0.15) is 0 Å². The fraction of sp³-hybridized carbons (Fsp3) is 0.455. The first-order chi connectivity index (χ1) is 12.3. The highest BCUT2D eigenvalue weighted by molar-refractivity contribution is 6.33. The number of benzene rings is 2. The number of phenols is 1. The Morgan fingerprint density at radius 2 is 1.88 bits per heavy atom. The third kappa shape index (κ3) is 4.17. The lowest BCUT2D eigenvalue weighted by Gasteiger charge is -2.24. The maximum Gasteiger partial charge on any atom is 0.144 e. The van der Waals surface area contributed by atoms with Crippen LogP contribution in [0, 0.1) is 23.2 Å². The van der Waals surface area contributed by atoms with Gasteiger partial charge in [-0.05, 0) is 29.2 Å². The number of aromatic hydroxyl groups is 1. The summed E-state index contributed by atoms with van der Waals surface area (Å²) in [6.07, 6.45) is 2.54. The maximum atomic E-state index is 13.1. The van der Waals surface area contributed by atoms with Crippen molar-refractivity contribution in [1.29, 1.82) is 5.41 Å². The summed E-state index contributed by atoms with van der Waals surface area (Å²) in [5.41, 5.74) is 1.89. The topological polar surface area (TPSA) is 61.2 Å². The molecule has 2 aromatic rings. The Bertz CT molecular complexity index is 813. The van der Waals surface area contributed by atoms with Crippen LogP contribution in [-0.4, -0.2) is 24.4 Å². The number of phenolic OH excluding ortho intramolecular Hbond substituents is 1. The number of unbranched alkanes of at least 4 members (excludes halogenated alkanes) is 1. The molecule has 4 heteroatoms. The van der Waals surface area contributed by atoms with Gasteiger partial charge in [0.05, 0.1) is 11.6 Å². The first kappa shape index (κ1) is 20.2. The van der Waals surface area contributed by atoms with Crippen LogP contribution in [-0.2, 0) is 4.79 Å². The molecule has 0 radical (unpaired) electrons. The van der Waals surface area contributed by atoms with Crippen LogP contribution in [0.5, 0.6) is 5.75 Å². The summed E-state index contributed by atoms with van der Waals surface area (Å²) in [6.45, 7) is 8.13. The standard InChI is InChI=1S/C22H30BNO2/c1-5-6-7-18(22(26)14(4)13(2)3)21(24)20-17-10-9-16(23)12-15(17)8-11-19(20)25/h8-14,18,24-25H,5-7,23H2,1-4H3. The van der Waals surface area contributed by atoms with Crippen LogP contribution < -0.4 is 5.46 Å². The number of hydrogen-bond acceptors (Lipinski definition) is 3. The molecule has 2 unspecified atom stereocenters. The highest BCUT2D eigenvalue weighted by Crippen LogP contribution is 2.32. The molecule has 0 saturated heterocycles. The van der Waals surface area contributed by atoms with Crippen molar-refractivity contribution >= 4 is 35.6 Å². The van der Waals surface area contributed by atoms with Gasteiger partial charge in [0.15, 0.2) is 0 Å². The monoisotopic (exact) mass is 351 g/mol. The normalized spacial score (nSPS) is 13.7. The number of hydrogen-bond donors (Lipinski definition) is 2. The molecule has 2 rings (SSSR count). The lowest BCUT2D eigenvalue weighted by Crippen LogP contribution is -2.31. The van der Waals surface area contributed by atoms with Crippen molar-refractivity contribution in [3.8, 4) is 5.75 Å². The van der Waals surface area contributed by atoms with Crippen LogP contribution in [0.15, 0.2) is 30.3 Å². The first-order valence-electron chi connectivity index (χ1n) is 9.62. The van der Waals surface area contributed by atoms with E-state index in [1.165, 1.54) is 0 Å². The Labute approximate surface area is 157 Å². The van der Waals surface area contributed by atoms with Gasteiger partial charge in [0, 0.05) is 11.5 Å². The Balaban J connectivity index is 2.53. The summed E-state index contributed by atoms with van der Waals surface area (Å²) >= 11 is 0. The highest BCUT2D eigenvalue weighted by Gasteiger charge is 2.31. The first-order valence-corrected chi connectivity index (χ1v) is 9.62. The van der Waals surface area contributed by atoms with Crippen LogP contribution in [0.25, 0.3) is 10.8 Å². The summed E-state index contributed by atoms with van der Waals surface area (Å²) in [6, 6.07) is 9.48. The van der Waals surface area contributed by atoms with Gasteiger partial charge in [0.25, 0.3) is 0 Å². The molecule has 0 aliphatic rings. The van der Waals surface area contributed by atoms with Crippen molar-refractivity contribution in [3.05, 3.63) is 35.9 Å². The molecule has 0 aromatic heterocycles. The van der Waals surface area contributed by atoms with Crippen molar-refractivity contribution in [2.75, 3.05) is 0 Å². The second kappa shape index (κ2) is 8.53. The average molecular weight is 351 g/mol. The van der Waals surface area contributed by atoms with E-state index in [0.717, 1.165) is 29.1 Å². The largest absolute Gasteiger partial charge is 0.507 e. The van der Waals surface area contributed by atoms with Crippen LogP contribution in [0.3, 0.4) is 0 Å². The molecule has 3 nitrogen and oxygen atoms in total. The number of fused-ring (bicyclic) bond motifs is 1. The molecule has 0 aliphatic carbocycles. The van der Waals surface area contributed by atoms with Gasteiger partial charge in [-0.25, -0.2) is 0 Å². The van der Waals surface area contributed by atoms with E-state index in [4.69, 9.17) is 5.41 Å².